The van der Waals surface area contributed by atoms with Crippen LogP contribution in [0.3, 0.4) is 0 Å². The van der Waals surface area contributed by atoms with E-state index in [9.17, 15) is 9.59 Å². The van der Waals surface area contributed by atoms with Gasteiger partial charge in [0.25, 0.3) is 0 Å². The maximum Gasteiger partial charge on any atom is 0.306 e. The van der Waals surface area contributed by atoms with E-state index in [0.717, 1.165) is 0 Å². The third-order valence-corrected chi connectivity index (χ3v) is 3.14. The molecule has 0 spiro atoms. The van der Waals surface area contributed by atoms with Gasteiger partial charge in [-0.25, -0.2) is 0 Å². The highest BCUT2D eigenvalue weighted by Gasteiger charge is 2.35. The molecule has 1 saturated carbocycles. The SMILES string of the molecule is C=CCN(CC=C)C(=O)C1CCC(C(=O)O)C1. The molecule has 0 aromatic carbocycles. The van der Waals surface area contributed by atoms with E-state index in [1.54, 1.807) is 17.1 Å². The van der Waals surface area contributed by atoms with E-state index in [1.807, 2.05) is 0 Å². The van der Waals surface area contributed by atoms with E-state index in [-0.39, 0.29) is 17.7 Å². The first kappa shape index (κ1) is 13.5. The highest BCUT2D eigenvalue weighted by Crippen LogP contribution is 2.32. The normalized spacial score (nSPS) is 23.1. The van der Waals surface area contributed by atoms with E-state index in [4.69, 9.17) is 5.11 Å². The summed E-state index contributed by atoms with van der Waals surface area (Å²) in [5.41, 5.74) is 0. The number of carboxylic acids is 1. The molecule has 1 N–H and O–H groups in total. The molecule has 0 bridgehead atoms. The fourth-order valence-corrected chi connectivity index (χ4v) is 2.25. The number of nitrogens with zero attached hydrogens (tertiary/aromatic N) is 1. The summed E-state index contributed by atoms with van der Waals surface area (Å²) < 4.78 is 0. The largest absolute Gasteiger partial charge is 0.481 e. The van der Waals surface area contributed by atoms with Crippen LogP contribution in [0.15, 0.2) is 25.3 Å². The standard InChI is InChI=1S/C13H19NO3/c1-3-7-14(8-4-2)12(15)10-5-6-11(9-10)13(16)17/h3-4,10-11H,1-2,5-9H2,(H,16,17). The molecule has 2 atom stereocenters. The minimum Gasteiger partial charge on any atom is -0.481 e. The zero-order chi connectivity index (χ0) is 12.8. The monoisotopic (exact) mass is 237 g/mol. The Labute approximate surface area is 102 Å². The lowest BCUT2D eigenvalue weighted by molar-refractivity contribution is -0.141. The molecular formula is C13H19NO3. The number of aliphatic carboxylic acids is 1. The Morgan fingerprint density at radius 3 is 2.12 bits per heavy atom. The van der Waals surface area contributed by atoms with Gasteiger partial charge in [-0.2, -0.15) is 0 Å². The van der Waals surface area contributed by atoms with Crippen molar-refractivity contribution in [2.24, 2.45) is 11.8 Å². The molecule has 2 unspecified atom stereocenters. The first-order chi connectivity index (χ1) is 8.10. The fourth-order valence-electron chi connectivity index (χ4n) is 2.25. The second-order valence-electron chi connectivity index (χ2n) is 4.37. The minimum atomic E-state index is -0.792. The fraction of sp³-hybridized carbons (Fsp3) is 0.538. The van der Waals surface area contributed by atoms with Crippen molar-refractivity contribution in [2.45, 2.75) is 19.3 Å². The van der Waals surface area contributed by atoms with Crippen molar-refractivity contribution in [3.05, 3.63) is 25.3 Å². The van der Waals surface area contributed by atoms with Gasteiger partial charge in [-0.3, -0.25) is 9.59 Å². The average Bonchev–Trinajstić information content (AvgIpc) is 2.77. The Bertz CT molecular complexity index is 315. The highest BCUT2D eigenvalue weighted by atomic mass is 16.4. The molecule has 0 heterocycles. The summed E-state index contributed by atoms with van der Waals surface area (Å²) >= 11 is 0. The first-order valence-electron chi connectivity index (χ1n) is 5.83. The summed E-state index contributed by atoms with van der Waals surface area (Å²) in [6, 6.07) is 0. The van der Waals surface area contributed by atoms with E-state index >= 15 is 0 Å². The van der Waals surface area contributed by atoms with Gasteiger partial charge in [-0.05, 0) is 19.3 Å². The molecule has 0 aromatic rings. The maximum atomic E-state index is 12.1. The van der Waals surface area contributed by atoms with Gasteiger partial charge in [0.05, 0.1) is 5.92 Å². The molecule has 0 radical (unpaired) electrons. The molecule has 0 aliphatic heterocycles. The number of amides is 1. The van der Waals surface area contributed by atoms with E-state index < -0.39 is 5.97 Å². The molecule has 17 heavy (non-hydrogen) atoms. The van der Waals surface area contributed by atoms with Crippen molar-refractivity contribution in [1.29, 1.82) is 0 Å². The van der Waals surface area contributed by atoms with Gasteiger partial charge in [0.2, 0.25) is 5.91 Å². The quantitative estimate of drug-likeness (QED) is 0.715. The predicted molar refractivity (Wildman–Crippen MR) is 65.4 cm³/mol. The Morgan fingerprint density at radius 2 is 1.71 bits per heavy atom. The van der Waals surface area contributed by atoms with Crippen LogP contribution in [0.5, 0.6) is 0 Å². The van der Waals surface area contributed by atoms with E-state index in [2.05, 4.69) is 13.2 Å². The molecule has 4 heteroatoms. The predicted octanol–water partition coefficient (Wildman–Crippen LogP) is 1.69. The van der Waals surface area contributed by atoms with Crippen LogP contribution in [0.4, 0.5) is 0 Å². The van der Waals surface area contributed by atoms with Crippen LogP contribution in [-0.2, 0) is 9.59 Å². The van der Waals surface area contributed by atoms with Crippen LogP contribution in [0.1, 0.15) is 19.3 Å². The second kappa shape index (κ2) is 6.23. The highest BCUT2D eigenvalue weighted by molar-refractivity contribution is 5.81. The van der Waals surface area contributed by atoms with Crippen LogP contribution >= 0.6 is 0 Å². The van der Waals surface area contributed by atoms with Crippen LogP contribution in [0, 0.1) is 11.8 Å². The third kappa shape index (κ3) is 3.44. The third-order valence-electron chi connectivity index (χ3n) is 3.14. The Morgan fingerprint density at radius 1 is 1.18 bits per heavy atom. The van der Waals surface area contributed by atoms with Gasteiger partial charge >= 0.3 is 5.97 Å². The number of carboxylic acid groups (broad SMARTS) is 1. The van der Waals surface area contributed by atoms with Crippen molar-refractivity contribution in [2.75, 3.05) is 13.1 Å². The van der Waals surface area contributed by atoms with Crippen LogP contribution in [-0.4, -0.2) is 35.0 Å². The summed E-state index contributed by atoms with van der Waals surface area (Å²) in [5.74, 6) is -1.29. The van der Waals surface area contributed by atoms with Crippen molar-refractivity contribution < 1.29 is 14.7 Å². The Hall–Kier alpha value is -1.58. The van der Waals surface area contributed by atoms with Crippen LogP contribution < -0.4 is 0 Å². The molecule has 0 saturated heterocycles. The van der Waals surface area contributed by atoms with Gasteiger partial charge in [-0.1, -0.05) is 12.2 Å². The van der Waals surface area contributed by atoms with Gasteiger partial charge in [-0.15, -0.1) is 13.2 Å². The summed E-state index contributed by atoms with van der Waals surface area (Å²) in [5, 5.41) is 8.90. The lowest BCUT2D eigenvalue weighted by Crippen LogP contribution is -2.35. The molecule has 1 aliphatic rings. The van der Waals surface area contributed by atoms with E-state index in [1.165, 1.54) is 0 Å². The van der Waals surface area contributed by atoms with Crippen LogP contribution in [0.2, 0.25) is 0 Å². The molecule has 1 amide bonds. The van der Waals surface area contributed by atoms with Crippen LogP contribution in [0.25, 0.3) is 0 Å². The lowest BCUT2D eigenvalue weighted by atomic mass is 10.0. The van der Waals surface area contributed by atoms with Gasteiger partial charge in [0.1, 0.15) is 0 Å². The van der Waals surface area contributed by atoms with E-state index in [0.29, 0.717) is 32.4 Å². The number of hydrogen-bond acceptors (Lipinski definition) is 2. The number of rotatable bonds is 6. The summed E-state index contributed by atoms with van der Waals surface area (Å²) in [7, 11) is 0. The molecule has 4 nitrogen and oxygen atoms in total. The summed E-state index contributed by atoms with van der Waals surface area (Å²) in [6.45, 7) is 8.20. The molecule has 0 aromatic heterocycles. The Balaban J connectivity index is 2.59. The zero-order valence-corrected chi connectivity index (χ0v) is 9.97. The minimum absolute atomic E-state index is 0.0218. The number of carbonyl (C=O) groups excluding carboxylic acids is 1. The molecule has 1 fully saturated rings. The molecule has 94 valence electrons. The summed E-state index contributed by atoms with van der Waals surface area (Å²) in [4.78, 5) is 24.6. The Kier molecular flexibility index (Phi) is 4.94. The van der Waals surface area contributed by atoms with Crippen molar-refractivity contribution >= 4 is 11.9 Å². The van der Waals surface area contributed by atoms with Crippen molar-refractivity contribution in [1.82, 2.24) is 4.90 Å². The van der Waals surface area contributed by atoms with Gasteiger partial charge < -0.3 is 10.0 Å². The lowest BCUT2D eigenvalue weighted by Gasteiger charge is -2.22. The van der Waals surface area contributed by atoms with Crippen molar-refractivity contribution in [3.63, 3.8) is 0 Å². The van der Waals surface area contributed by atoms with Gasteiger partial charge in [0, 0.05) is 19.0 Å². The van der Waals surface area contributed by atoms with Gasteiger partial charge in [0.15, 0.2) is 0 Å². The summed E-state index contributed by atoms with van der Waals surface area (Å²) in [6.07, 6.45) is 5.07. The average molecular weight is 237 g/mol. The zero-order valence-electron chi connectivity index (χ0n) is 9.97. The number of carbonyl (C=O) groups is 2. The maximum absolute atomic E-state index is 12.1. The first-order valence-corrected chi connectivity index (χ1v) is 5.83. The number of hydrogen-bond donors (Lipinski definition) is 1. The second-order valence-corrected chi connectivity index (χ2v) is 4.37. The smallest absolute Gasteiger partial charge is 0.306 e. The topological polar surface area (TPSA) is 57.6 Å². The molecule has 1 rings (SSSR count). The molecule has 1 aliphatic carbocycles. The molecular weight excluding hydrogens is 218 g/mol. The van der Waals surface area contributed by atoms with Crippen molar-refractivity contribution in [3.8, 4) is 0 Å².